The average Bonchev–Trinajstić information content (AvgIpc) is 3.17. The summed E-state index contributed by atoms with van der Waals surface area (Å²) < 4.78 is 1.72. The van der Waals surface area contributed by atoms with Gasteiger partial charge >= 0.3 is 0 Å². The molecular formula is C19H17N2O2S2+. The lowest BCUT2D eigenvalue weighted by Crippen LogP contribution is -2.38. The van der Waals surface area contributed by atoms with E-state index in [1.165, 1.54) is 11.3 Å². The molecule has 0 atom stereocenters. The van der Waals surface area contributed by atoms with Crippen molar-refractivity contribution in [3.05, 3.63) is 82.8 Å². The minimum Gasteiger partial charge on any atom is -0.501 e. The summed E-state index contributed by atoms with van der Waals surface area (Å²) in [7, 11) is 0. The van der Waals surface area contributed by atoms with Gasteiger partial charge in [0.1, 0.15) is 0 Å². The Hall–Kier alpha value is -2.54. The second-order valence-electron chi connectivity index (χ2n) is 5.27. The molecule has 0 aliphatic rings. The SMILES string of the molecule is OCc1ccc[n+](C(C(=S)Nc2ccccc2)=C(O)c2cccs2)c1. The molecule has 126 valence electrons. The zero-order valence-corrected chi connectivity index (χ0v) is 14.9. The van der Waals surface area contributed by atoms with Gasteiger partial charge in [0.2, 0.25) is 5.76 Å². The number of aliphatic hydroxyl groups excluding tert-OH is 2. The first kappa shape index (κ1) is 17.3. The Bertz CT molecular complexity index is 891. The summed E-state index contributed by atoms with van der Waals surface area (Å²) in [5.41, 5.74) is 2.01. The highest BCUT2D eigenvalue weighted by atomic mass is 32.1. The summed E-state index contributed by atoms with van der Waals surface area (Å²) in [6.45, 7) is -0.0905. The molecule has 4 nitrogen and oxygen atoms in total. The average molecular weight is 369 g/mol. The van der Waals surface area contributed by atoms with Crippen molar-refractivity contribution in [1.82, 2.24) is 0 Å². The summed E-state index contributed by atoms with van der Waals surface area (Å²) in [6.07, 6.45) is 3.54. The van der Waals surface area contributed by atoms with Gasteiger partial charge in [-0.2, -0.15) is 4.57 Å². The molecule has 0 amide bonds. The Morgan fingerprint density at radius 3 is 2.56 bits per heavy atom. The van der Waals surface area contributed by atoms with Crippen LogP contribution >= 0.6 is 23.6 Å². The Labute approximate surface area is 155 Å². The molecule has 0 spiro atoms. The zero-order valence-electron chi connectivity index (χ0n) is 13.3. The highest BCUT2D eigenvalue weighted by Gasteiger charge is 2.24. The number of thiocarbonyl (C=S) groups is 1. The number of para-hydroxylation sites is 1. The standard InChI is InChI=1S/C19H16N2O2S2/c22-13-14-6-4-10-21(12-14)17(18(23)16-9-5-11-25-16)19(24)20-15-7-2-1-3-8-15/h1-12,22H,13H2,(H-,20,23,24)/p+1. The van der Waals surface area contributed by atoms with E-state index >= 15 is 0 Å². The first-order valence-corrected chi connectivity index (χ1v) is 8.93. The first-order chi connectivity index (χ1) is 12.2. The van der Waals surface area contributed by atoms with Gasteiger partial charge < -0.3 is 15.5 Å². The predicted octanol–water partition coefficient (Wildman–Crippen LogP) is 3.85. The third kappa shape index (κ3) is 4.11. The van der Waals surface area contributed by atoms with Crippen LogP contribution in [-0.4, -0.2) is 15.2 Å². The van der Waals surface area contributed by atoms with Crippen LogP contribution in [0.1, 0.15) is 10.4 Å². The number of hydrogen-bond acceptors (Lipinski definition) is 4. The quantitative estimate of drug-likeness (QED) is 0.277. The van der Waals surface area contributed by atoms with Crippen molar-refractivity contribution < 1.29 is 14.8 Å². The summed E-state index contributed by atoms with van der Waals surface area (Å²) in [4.78, 5) is 1.10. The van der Waals surface area contributed by atoms with E-state index in [1.54, 1.807) is 23.0 Å². The summed E-state index contributed by atoms with van der Waals surface area (Å²) in [6, 6.07) is 16.9. The van der Waals surface area contributed by atoms with Crippen LogP contribution in [0.2, 0.25) is 0 Å². The maximum Gasteiger partial charge on any atom is 0.289 e. The Kier molecular flexibility index (Phi) is 5.55. The van der Waals surface area contributed by atoms with Crippen LogP contribution in [0.25, 0.3) is 11.5 Å². The number of benzene rings is 1. The smallest absolute Gasteiger partial charge is 0.289 e. The molecule has 0 saturated heterocycles. The monoisotopic (exact) mass is 369 g/mol. The molecule has 0 bridgehead atoms. The van der Waals surface area contributed by atoms with E-state index in [9.17, 15) is 10.2 Å². The van der Waals surface area contributed by atoms with Gasteiger partial charge in [-0.15, -0.1) is 11.3 Å². The Morgan fingerprint density at radius 2 is 1.88 bits per heavy atom. The first-order valence-electron chi connectivity index (χ1n) is 7.64. The summed E-state index contributed by atoms with van der Waals surface area (Å²) in [5, 5.41) is 25.3. The van der Waals surface area contributed by atoms with Gasteiger partial charge in [-0.25, -0.2) is 0 Å². The van der Waals surface area contributed by atoms with Crippen LogP contribution in [0, 0.1) is 0 Å². The predicted molar refractivity (Wildman–Crippen MR) is 105 cm³/mol. The van der Waals surface area contributed by atoms with Crippen molar-refractivity contribution in [2.24, 2.45) is 0 Å². The highest BCUT2D eigenvalue weighted by molar-refractivity contribution is 7.81. The number of thiophene rings is 1. The van der Waals surface area contributed by atoms with Crippen LogP contribution in [0.5, 0.6) is 0 Å². The van der Waals surface area contributed by atoms with Crippen molar-refractivity contribution in [3.8, 4) is 0 Å². The minimum absolute atomic E-state index is 0.0866. The van der Waals surface area contributed by atoms with Gasteiger partial charge in [0.25, 0.3) is 5.70 Å². The molecule has 0 aliphatic heterocycles. The number of anilines is 1. The van der Waals surface area contributed by atoms with Gasteiger partial charge in [-0.1, -0.05) is 36.5 Å². The number of aromatic nitrogens is 1. The molecule has 3 rings (SSSR count). The van der Waals surface area contributed by atoms with Gasteiger partial charge in [0.05, 0.1) is 11.5 Å². The van der Waals surface area contributed by atoms with E-state index in [0.29, 0.717) is 15.6 Å². The fourth-order valence-corrected chi connectivity index (χ4v) is 3.33. The fraction of sp³-hybridized carbons (Fsp3) is 0.0526. The lowest BCUT2D eigenvalue weighted by atomic mass is 10.2. The van der Waals surface area contributed by atoms with Crippen molar-refractivity contribution in [3.63, 3.8) is 0 Å². The van der Waals surface area contributed by atoms with E-state index < -0.39 is 0 Å². The molecule has 3 aromatic rings. The number of nitrogens with one attached hydrogen (secondary N) is 1. The minimum atomic E-state index is -0.0905. The Balaban J connectivity index is 2.06. The van der Waals surface area contributed by atoms with Crippen LogP contribution in [0.4, 0.5) is 5.69 Å². The van der Waals surface area contributed by atoms with Crippen LogP contribution in [0.3, 0.4) is 0 Å². The van der Waals surface area contributed by atoms with Crippen molar-refractivity contribution in [1.29, 1.82) is 0 Å². The zero-order chi connectivity index (χ0) is 17.6. The third-order valence-corrected chi connectivity index (χ3v) is 4.70. The van der Waals surface area contributed by atoms with Crippen molar-refractivity contribution in [2.45, 2.75) is 6.61 Å². The highest BCUT2D eigenvalue weighted by Crippen LogP contribution is 2.23. The largest absolute Gasteiger partial charge is 0.501 e. The molecule has 0 saturated carbocycles. The molecular weight excluding hydrogens is 352 g/mol. The van der Waals surface area contributed by atoms with Crippen LogP contribution in [-0.2, 0) is 6.61 Å². The normalized spacial score (nSPS) is 11.7. The lowest BCUT2D eigenvalue weighted by molar-refractivity contribution is -0.576. The fourth-order valence-electron chi connectivity index (χ4n) is 2.35. The molecule has 25 heavy (non-hydrogen) atoms. The topological polar surface area (TPSA) is 56.4 Å². The van der Waals surface area contributed by atoms with E-state index in [1.807, 2.05) is 53.9 Å². The maximum atomic E-state index is 10.8. The van der Waals surface area contributed by atoms with Crippen LogP contribution in [0.15, 0.2) is 72.4 Å². The number of rotatable bonds is 5. The number of pyridine rings is 1. The van der Waals surface area contributed by atoms with E-state index in [-0.39, 0.29) is 12.4 Å². The number of aliphatic hydroxyl groups is 2. The number of hydrogen-bond donors (Lipinski definition) is 3. The lowest BCUT2D eigenvalue weighted by Gasteiger charge is -2.09. The molecule has 2 heterocycles. The second kappa shape index (κ2) is 8.02. The number of nitrogens with zero attached hydrogens (tertiary/aromatic N) is 1. The van der Waals surface area contributed by atoms with Crippen molar-refractivity contribution >= 4 is 45.7 Å². The van der Waals surface area contributed by atoms with E-state index in [2.05, 4.69) is 5.32 Å². The molecule has 0 fully saturated rings. The molecule has 0 unspecified atom stereocenters. The molecule has 1 aromatic carbocycles. The molecule has 0 aliphatic carbocycles. The van der Waals surface area contributed by atoms with Crippen molar-refractivity contribution in [2.75, 3.05) is 5.32 Å². The molecule has 2 aromatic heterocycles. The maximum absolute atomic E-state index is 10.8. The summed E-state index contributed by atoms with van der Waals surface area (Å²) >= 11 is 6.99. The van der Waals surface area contributed by atoms with Gasteiger partial charge in [0.15, 0.2) is 17.4 Å². The second-order valence-corrected chi connectivity index (χ2v) is 6.63. The van der Waals surface area contributed by atoms with Gasteiger partial charge in [0, 0.05) is 17.3 Å². The Morgan fingerprint density at radius 1 is 1.08 bits per heavy atom. The summed E-state index contributed by atoms with van der Waals surface area (Å²) in [5.74, 6) is 0.0866. The molecule has 3 N–H and O–H groups in total. The van der Waals surface area contributed by atoms with E-state index in [4.69, 9.17) is 12.2 Å². The van der Waals surface area contributed by atoms with Crippen LogP contribution < -0.4 is 9.88 Å². The molecule has 6 heteroatoms. The van der Waals surface area contributed by atoms with Gasteiger partial charge in [-0.3, -0.25) is 0 Å². The molecule has 0 radical (unpaired) electrons. The third-order valence-electron chi connectivity index (χ3n) is 3.53. The van der Waals surface area contributed by atoms with Gasteiger partial charge in [-0.05, 0) is 29.6 Å². The van der Waals surface area contributed by atoms with E-state index in [0.717, 1.165) is 11.3 Å².